The second kappa shape index (κ2) is 7.62. The maximum absolute atomic E-state index is 11.9. The van der Waals surface area contributed by atoms with Crippen molar-refractivity contribution in [2.45, 2.75) is 45.8 Å². The van der Waals surface area contributed by atoms with Crippen LogP contribution in [-0.2, 0) is 16.0 Å². The highest BCUT2D eigenvalue weighted by Gasteiger charge is 2.22. The van der Waals surface area contributed by atoms with Crippen LogP contribution in [0.4, 0.5) is 4.79 Å². The fourth-order valence-corrected chi connectivity index (χ4v) is 1.64. The fraction of sp³-hybridized carbons (Fsp3) is 0.438. The summed E-state index contributed by atoms with van der Waals surface area (Å²) < 4.78 is 10.2. The molecule has 1 rings (SSSR count). The molecule has 7 nitrogen and oxygen atoms in total. The molecule has 0 aliphatic heterocycles. The van der Waals surface area contributed by atoms with Gasteiger partial charge >= 0.3 is 12.1 Å². The topological polar surface area (TPSA) is 114 Å². The van der Waals surface area contributed by atoms with Gasteiger partial charge in [-0.05, 0) is 45.4 Å². The minimum absolute atomic E-state index is 0.0601. The summed E-state index contributed by atoms with van der Waals surface area (Å²) in [5, 5.41) is 9.64. The molecule has 0 spiro atoms. The molecule has 7 heteroatoms. The number of amidine groups is 1. The number of esters is 1. The molecule has 0 saturated heterocycles. The van der Waals surface area contributed by atoms with E-state index >= 15 is 0 Å². The molecule has 0 aromatic heterocycles. The van der Waals surface area contributed by atoms with Crippen molar-refractivity contribution in [1.82, 2.24) is 5.32 Å². The Hall–Kier alpha value is -2.57. The molecule has 1 atom stereocenters. The van der Waals surface area contributed by atoms with Gasteiger partial charge in [-0.25, -0.2) is 9.59 Å². The Morgan fingerprint density at radius 2 is 1.83 bits per heavy atom. The molecule has 1 aromatic rings. The molecular formula is C16H23N3O4. The molecule has 0 fully saturated rings. The quantitative estimate of drug-likeness (QED) is 0.332. The molecule has 0 aliphatic carbocycles. The third-order valence-corrected chi connectivity index (χ3v) is 2.62. The molecule has 1 aromatic carbocycles. The molecule has 0 radical (unpaired) electrons. The molecule has 0 saturated carbocycles. The monoisotopic (exact) mass is 321 g/mol. The maximum atomic E-state index is 11.9. The van der Waals surface area contributed by atoms with E-state index in [-0.39, 0.29) is 5.84 Å². The van der Waals surface area contributed by atoms with E-state index in [2.05, 4.69) is 5.32 Å². The largest absolute Gasteiger partial charge is 0.444 e. The summed E-state index contributed by atoms with van der Waals surface area (Å²) in [5.41, 5.74) is 5.52. The summed E-state index contributed by atoms with van der Waals surface area (Å²) >= 11 is 0. The third kappa shape index (κ3) is 7.30. The molecule has 23 heavy (non-hydrogen) atoms. The van der Waals surface area contributed by atoms with E-state index in [1.54, 1.807) is 45.0 Å². The van der Waals surface area contributed by atoms with Crippen molar-refractivity contribution in [3.63, 3.8) is 0 Å². The van der Waals surface area contributed by atoms with E-state index in [4.69, 9.17) is 20.6 Å². The zero-order valence-electron chi connectivity index (χ0n) is 13.8. The van der Waals surface area contributed by atoms with Gasteiger partial charge in [-0.1, -0.05) is 12.1 Å². The van der Waals surface area contributed by atoms with E-state index in [1.807, 2.05) is 0 Å². The van der Waals surface area contributed by atoms with Crippen LogP contribution in [0.1, 0.15) is 33.3 Å². The first-order valence-corrected chi connectivity index (χ1v) is 7.20. The lowest BCUT2D eigenvalue weighted by molar-refractivity contribution is -0.136. The highest BCUT2D eigenvalue weighted by atomic mass is 16.6. The van der Waals surface area contributed by atoms with Gasteiger partial charge in [0.2, 0.25) is 0 Å². The van der Waals surface area contributed by atoms with Crippen molar-refractivity contribution in [2.24, 2.45) is 5.73 Å². The van der Waals surface area contributed by atoms with Gasteiger partial charge in [0.1, 0.15) is 17.4 Å². The molecule has 0 heterocycles. The van der Waals surface area contributed by atoms with E-state index in [1.165, 1.54) is 6.92 Å². The van der Waals surface area contributed by atoms with Gasteiger partial charge < -0.3 is 20.5 Å². The number of nitrogens with two attached hydrogens (primary N) is 1. The first-order valence-electron chi connectivity index (χ1n) is 7.20. The van der Waals surface area contributed by atoms with Crippen molar-refractivity contribution in [2.75, 3.05) is 0 Å². The van der Waals surface area contributed by atoms with E-state index in [0.717, 1.165) is 5.56 Å². The van der Waals surface area contributed by atoms with E-state index < -0.39 is 23.7 Å². The van der Waals surface area contributed by atoms with E-state index in [9.17, 15) is 9.59 Å². The van der Waals surface area contributed by atoms with Crippen molar-refractivity contribution in [1.29, 1.82) is 5.41 Å². The highest BCUT2D eigenvalue weighted by Crippen LogP contribution is 2.13. The molecular weight excluding hydrogens is 298 g/mol. The van der Waals surface area contributed by atoms with Gasteiger partial charge in [0.05, 0.1) is 5.84 Å². The summed E-state index contributed by atoms with van der Waals surface area (Å²) in [6, 6.07) is 5.81. The van der Waals surface area contributed by atoms with Gasteiger partial charge in [0, 0.05) is 6.42 Å². The summed E-state index contributed by atoms with van der Waals surface area (Å²) in [6.45, 7) is 6.71. The summed E-state index contributed by atoms with van der Waals surface area (Å²) in [4.78, 5) is 23.5. The number of alkyl carbamates (subject to hydrolysis) is 1. The second-order valence-electron chi connectivity index (χ2n) is 6.13. The SMILES string of the molecule is C[C@@H](NC(=O)OC(C)(C)C)C(=O)Oc1ccc(CC(=N)N)cc1. The second-order valence-corrected chi connectivity index (χ2v) is 6.13. The first-order chi connectivity index (χ1) is 10.6. The third-order valence-electron chi connectivity index (χ3n) is 2.62. The molecule has 1 amide bonds. The van der Waals surface area contributed by atoms with Crippen LogP contribution in [-0.4, -0.2) is 29.5 Å². The van der Waals surface area contributed by atoms with Crippen LogP contribution in [0.3, 0.4) is 0 Å². The predicted octanol–water partition coefficient (Wildman–Crippen LogP) is 1.98. The van der Waals surface area contributed by atoms with Gasteiger partial charge in [-0.3, -0.25) is 5.41 Å². The first kappa shape index (κ1) is 18.5. The number of benzene rings is 1. The van der Waals surface area contributed by atoms with Crippen LogP contribution < -0.4 is 15.8 Å². The fourth-order valence-electron chi connectivity index (χ4n) is 1.64. The number of carbonyl (C=O) groups excluding carboxylic acids is 2. The van der Waals surface area contributed by atoms with Crippen LogP contribution in [0, 0.1) is 5.41 Å². The Morgan fingerprint density at radius 1 is 1.26 bits per heavy atom. The number of hydrogen-bond acceptors (Lipinski definition) is 5. The minimum Gasteiger partial charge on any atom is -0.444 e. The molecule has 0 bridgehead atoms. The lowest BCUT2D eigenvalue weighted by Gasteiger charge is -2.21. The normalized spacial score (nSPS) is 12.2. The zero-order valence-corrected chi connectivity index (χ0v) is 13.8. The number of nitrogens with one attached hydrogen (secondary N) is 2. The Bertz CT molecular complexity index is 576. The average Bonchev–Trinajstić information content (AvgIpc) is 2.37. The summed E-state index contributed by atoms with van der Waals surface area (Å²) in [7, 11) is 0. The predicted molar refractivity (Wildman–Crippen MR) is 86.5 cm³/mol. The molecule has 0 unspecified atom stereocenters. The standard InChI is InChI=1S/C16H23N3O4/c1-10(19-15(21)23-16(2,3)4)14(20)22-12-7-5-11(6-8-12)9-13(17)18/h5-8,10H,9H2,1-4H3,(H3,17,18)(H,19,21)/t10-/m1/s1. The van der Waals surface area contributed by atoms with Crippen molar-refractivity contribution in [3.05, 3.63) is 29.8 Å². The van der Waals surface area contributed by atoms with Gasteiger partial charge in [-0.2, -0.15) is 0 Å². The van der Waals surface area contributed by atoms with Gasteiger partial charge in [0.15, 0.2) is 0 Å². The van der Waals surface area contributed by atoms with Crippen LogP contribution in [0.2, 0.25) is 0 Å². The molecule has 126 valence electrons. The van der Waals surface area contributed by atoms with Crippen LogP contribution in [0.5, 0.6) is 5.75 Å². The smallest absolute Gasteiger partial charge is 0.408 e. The summed E-state index contributed by atoms with van der Waals surface area (Å²) in [6.07, 6.45) is -0.344. The number of carbonyl (C=O) groups is 2. The number of hydrogen-bond donors (Lipinski definition) is 3. The van der Waals surface area contributed by atoms with E-state index in [0.29, 0.717) is 12.2 Å². The lowest BCUT2D eigenvalue weighted by Crippen LogP contribution is -2.43. The molecule has 4 N–H and O–H groups in total. The number of amides is 1. The number of ether oxygens (including phenoxy) is 2. The highest BCUT2D eigenvalue weighted by molar-refractivity contribution is 5.82. The van der Waals surface area contributed by atoms with Gasteiger partial charge in [-0.15, -0.1) is 0 Å². The Labute approximate surface area is 135 Å². The van der Waals surface area contributed by atoms with Crippen LogP contribution in [0.15, 0.2) is 24.3 Å². The van der Waals surface area contributed by atoms with Gasteiger partial charge in [0.25, 0.3) is 0 Å². The van der Waals surface area contributed by atoms with Crippen molar-refractivity contribution in [3.8, 4) is 5.75 Å². The average molecular weight is 321 g/mol. The van der Waals surface area contributed by atoms with Crippen LogP contribution in [0.25, 0.3) is 0 Å². The van der Waals surface area contributed by atoms with Crippen molar-refractivity contribution < 1.29 is 19.1 Å². The zero-order chi connectivity index (χ0) is 17.6. The Kier molecular flexibility index (Phi) is 6.12. The number of rotatable bonds is 5. The maximum Gasteiger partial charge on any atom is 0.408 e. The summed E-state index contributed by atoms with van der Waals surface area (Å²) in [5.74, 6) is -0.194. The molecule has 0 aliphatic rings. The van der Waals surface area contributed by atoms with Crippen molar-refractivity contribution >= 4 is 17.9 Å². The minimum atomic E-state index is -0.846. The lowest BCUT2D eigenvalue weighted by atomic mass is 10.1. The Morgan fingerprint density at radius 3 is 2.30 bits per heavy atom. The van der Waals surface area contributed by atoms with Crippen LogP contribution >= 0.6 is 0 Å². The Balaban J connectivity index is 2.54.